The second-order valence-electron chi connectivity index (χ2n) is 10.5. The molecule has 1 amide bonds. The van der Waals surface area contributed by atoms with Crippen molar-refractivity contribution in [3.05, 3.63) is 151 Å². The number of methoxy groups -OCH3 is 2. The van der Waals surface area contributed by atoms with E-state index in [9.17, 15) is 14.0 Å². The van der Waals surface area contributed by atoms with Gasteiger partial charge in [-0.25, -0.2) is 9.38 Å². The minimum absolute atomic E-state index is 0.236. The molecular formula is C36H30FN3O5S. The summed E-state index contributed by atoms with van der Waals surface area (Å²) in [7, 11) is 3.12. The first kappa shape index (κ1) is 30.5. The highest BCUT2D eigenvalue weighted by Gasteiger charge is 2.32. The van der Waals surface area contributed by atoms with Crippen molar-refractivity contribution in [3.8, 4) is 17.2 Å². The van der Waals surface area contributed by atoms with Crippen molar-refractivity contribution in [2.75, 3.05) is 19.5 Å². The molecule has 0 radical (unpaired) electrons. The van der Waals surface area contributed by atoms with Crippen LogP contribution in [-0.4, -0.2) is 24.7 Å². The maximum atomic E-state index is 14.1. The molecule has 10 heteroatoms. The molecule has 4 aromatic carbocycles. The van der Waals surface area contributed by atoms with Crippen LogP contribution in [0.4, 0.5) is 10.1 Å². The van der Waals surface area contributed by atoms with E-state index in [1.54, 1.807) is 73.2 Å². The Balaban J connectivity index is 1.38. The molecule has 5 aromatic rings. The Bertz CT molecular complexity index is 2100. The third-order valence-corrected chi connectivity index (χ3v) is 8.51. The first-order chi connectivity index (χ1) is 22.3. The Kier molecular flexibility index (Phi) is 8.80. The highest BCUT2D eigenvalue weighted by molar-refractivity contribution is 7.07. The first-order valence-corrected chi connectivity index (χ1v) is 15.2. The van der Waals surface area contributed by atoms with Crippen molar-refractivity contribution in [1.29, 1.82) is 0 Å². The van der Waals surface area contributed by atoms with Crippen LogP contribution < -0.4 is 34.4 Å². The van der Waals surface area contributed by atoms with Gasteiger partial charge in [0.05, 0.1) is 36.1 Å². The van der Waals surface area contributed by atoms with Gasteiger partial charge in [-0.3, -0.25) is 14.2 Å². The Morgan fingerprint density at radius 1 is 0.957 bits per heavy atom. The number of carbonyl (C=O) groups is 1. The molecule has 0 saturated heterocycles. The lowest BCUT2D eigenvalue weighted by atomic mass is 9.95. The van der Waals surface area contributed by atoms with Crippen LogP contribution in [0.1, 0.15) is 29.7 Å². The summed E-state index contributed by atoms with van der Waals surface area (Å²) in [5.74, 6) is 0.993. The minimum Gasteiger partial charge on any atom is -0.497 e. The smallest absolute Gasteiger partial charge is 0.271 e. The minimum atomic E-state index is -0.718. The van der Waals surface area contributed by atoms with Gasteiger partial charge in [-0.2, -0.15) is 0 Å². The van der Waals surface area contributed by atoms with Crippen molar-refractivity contribution in [2.45, 2.75) is 19.6 Å². The second-order valence-corrected chi connectivity index (χ2v) is 11.5. The Morgan fingerprint density at radius 3 is 2.39 bits per heavy atom. The molecule has 8 nitrogen and oxygen atoms in total. The molecule has 0 saturated carbocycles. The standard InChI is InChI=1S/C36H30FN3O5S/c1-22-32(34(41)39-27-7-5-4-6-8-27)33(25-12-16-28(43-2)17-13-25)40-35(42)31(46-36(40)38-22)20-24-11-18-29(30(19-24)44-3)45-21-23-9-14-26(37)15-10-23/h4-20,33H,21H2,1-3H3,(H,39,41)/b31-20+/t33-/m0/s1. The topological polar surface area (TPSA) is 91.2 Å². The fourth-order valence-electron chi connectivity index (χ4n) is 5.22. The fourth-order valence-corrected chi connectivity index (χ4v) is 6.27. The predicted molar refractivity (Wildman–Crippen MR) is 176 cm³/mol. The number of benzene rings is 4. The summed E-state index contributed by atoms with van der Waals surface area (Å²) in [6.07, 6.45) is 1.77. The lowest BCUT2D eigenvalue weighted by Gasteiger charge is -2.25. The maximum Gasteiger partial charge on any atom is 0.271 e. The number of anilines is 1. The van der Waals surface area contributed by atoms with E-state index in [-0.39, 0.29) is 23.9 Å². The van der Waals surface area contributed by atoms with Crippen molar-refractivity contribution in [2.24, 2.45) is 4.99 Å². The molecule has 0 bridgehead atoms. The monoisotopic (exact) mass is 635 g/mol. The summed E-state index contributed by atoms with van der Waals surface area (Å²) in [6.45, 7) is 2.02. The number of allylic oxidation sites excluding steroid dienone is 1. The van der Waals surface area contributed by atoms with Crippen LogP contribution in [0.2, 0.25) is 0 Å². The van der Waals surface area contributed by atoms with Gasteiger partial charge in [-0.1, -0.05) is 59.9 Å². The number of halogens is 1. The van der Waals surface area contributed by atoms with Crippen molar-refractivity contribution in [3.63, 3.8) is 0 Å². The molecule has 0 fully saturated rings. The van der Waals surface area contributed by atoms with Gasteiger partial charge in [0.1, 0.15) is 18.2 Å². The number of aromatic nitrogens is 1. The van der Waals surface area contributed by atoms with Crippen molar-refractivity contribution >= 4 is 29.0 Å². The molecule has 0 unspecified atom stereocenters. The quantitative estimate of drug-likeness (QED) is 0.228. The van der Waals surface area contributed by atoms with E-state index in [4.69, 9.17) is 19.2 Å². The Labute approximate surface area is 268 Å². The third-order valence-electron chi connectivity index (χ3n) is 7.52. The molecular weight excluding hydrogens is 605 g/mol. The third kappa shape index (κ3) is 6.33. The molecule has 2 heterocycles. The molecule has 46 heavy (non-hydrogen) atoms. The second kappa shape index (κ2) is 13.3. The van der Waals surface area contributed by atoms with Crippen LogP contribution in [0, 0.1) is 5.82 Å². The number of carbonyl (C=O) groups excluding carboxylic acids is 1. The van der Waals surface area contributed by atoms with Gasteiger partial charge in [0.25, 0.3) is 11.5 Å². The average molecular weight is 636 g/mol. The largest absolute Gasteiger partial charge is 0.497 e. The van der Waals surface area contributed by atoms with Crippen molar-refractivity contribution in [1.82, 2.24) is 4.57 Å². The predicted octanol–water partition coefficient (Wildman–Crippen LogP) is 5.61. The SMILES string of the molecule is COc1ccc([C@H]2C(C(=O)Nc3ccccc3)=C(C)N=c3s/c(=C/c4ccc(OCc5ccc(F)cc5)c(OC)c4)c(=O)n32)cc1. The number of rotatable bonds is 9. The molecule has 1 atom stereocenters. The van der Waals surface area contributed by atoms with Crippen LogP contribution >= 0.6 is 11.3 Å². The number of hydrogen-bond donors (Lipinski definition) is 1. The summed E-state index contributed by atoms with van der Waals surface area (Å²) in [6, 6.07) is 27.2. The van der Waals surface area contributed by atoms with Gasteiger partial charge < -0.3 is 19.5 Å². The zero-order valence-corrected chi connectivity index (χ0v) is 26.1. The summed E-state index contributed by atoms with van der Waals surface area (Å²) in [5.41, 5.74) is 3.52. The average Bonchev–Trinajstić information content (AvgIpc) is 3.38. The summed E-state index contributed by atoms with van der Waals surface area (Å²) in [4.78, 5) is 33.0. The van der Waals surface area contributed by atoms with Crippen LogP contribution in [0.3, 0.4) is 0 Å². The molecule has 1 aromatic heterocycles. The fraction of sp³-hybridized carbons (Fsp3) is 0.139. The summed E-state index contributed by atoms with van der Waals surface area (Å²) in [5, 5.41) is 2.96. The number of thiazole rings is 1. The zero-order chi connectivity index (χ0) is 32.2. The van der Waals surface area contributed by atoms with Gasteiger partial charge in [-0.05, 0) is 78.2 Å². The van der Waals surface area contributed by atoms with E-state index in [0.29, 0.717) is 43.5 Å². The van der Waals surface area contributed by atoms with E-state index in [1.807, 2.05) is 36.4 Å². The normalized spacial score (nSPS) is 14.3. The Morgan fingerprint density at radius 2 is 1.70 bits per heavy atom. The molecule has 1 N–H and O–H groups in total. The van der Waals surface area contributed by atoms with Crippen LogP contribution in [0.15, 0.2) is 118 Å². The van der Waals surface area contributed by atoms with Gasteiger partial charge in [0, 0.05) is 5.69 Å². The van der Waals surface area contributed by atoms with Crippen LogP contribution in [0.25, 0.3) is 6.08 Å². The van der Waals surface area contributed by atoms with E-state index < -0.39 is 6.04 Å². The molecule has 1 aliphatic rings. The number of nitrogens with zero attached hydrogens (tertiary/aromatic N) is 2. The van der Waals surface area contributed by atoms with Crippen LogP contribution in [-0.2, 0) is 11.4 Å². The van der Waals surface area contributed by atoms with Crippen LogP contribution in [0.5, 0.6) is 17.2 Å². The molecule has 232 valence electrons. The summed E-state index contributed by atoms with van der Waals surface area (Å²) < 4.78 is 32.1. The van der Waals surface area contributed by atoms with E-state index in [1.165, 1.54) is 30.6 Å². The number of ether oxygens (including phenoxy) is 3. The molecule has 1 aliphatic heterocycles. The van der Waals surface area contributed by atoms with Gasteiger partial charge in [0.15, 0.2) is 16.3 Å². The number of nitrogens with one attached hydrogen (secondary N) is 1. The Hall–Kier alpha value is -5.48. The number of amides is 1. The maximum absolute atomic E-state index is 14.1. The highest BCUT2D eigenvalue weighted by atomic mass is 32.1. The van der Waals surface area contributed by atoms with Gasteiger partial charge in [0.2, 0.25) is 0 Å². The van der Waals surface area contributed by atoms with Gasteiger partial charge >= 0.3 is 0 Å². The number of fused-ring (bicyclic) bond motifs is 1. The first-order valence-electron chi connectivity index (χ1n) is 14.4. The summed E-state index contributed by atoms with van der Waals surface area (Å²) >= 11 is 1.25. The zero-order valence-electron chi connectivity index (χ0n) is 25.3. The van der Waals surface area contributed by atoms with Crippen molar-refractivity contribution < 1.29 is 23.4 Å². The molecule has 0 aliphatic carbocycles. The number of hydrogen-bond acceptors (Lipinski definition) is 7. The van der Waals surface area contributed by atoms with E-state index in [0.717, 1.165) is 16.7 Å². The van der Waals surface area contributed by atoms with E-state index in [2.05, 4.69) is 5.32 Å². The lowest BCUT2D eigenvalue weighted by Crippen LogP contribution is -2.40. The van der Waals surface area contributed by atoms with E-state index >= 15 is 0 Å². The van der Waals surface area contributed by atoms with Gasteiger partial charge in [-0.15, -0.1) is 0 Å². The lowest BCUT2D eigenvalue weighted by molar-refractivity contribution is -0.113. The number of para-hydroxylation sites is 1. The molecule has 6 rings (SSSR count). The molecule has 0 spiro atoms. The highest BCUT2D eigenvalue weighted by Crippen LogP contribution is 2.32.